The third-order valence-electron chi connectivity index (χ3n) is 1.54. The van der Waals surface area contributed by atoms with Gasteiger partial charge in [0.25, 0.3) is 0 Å². The average molecular weight is 333 g/mol. The fraction of sp³-hybridized carbons (Fsp3) is 0.333. The summed E-state index contributed by atoms with van der Waals surface area (Å²) in [5.74, 6) is 0.650. The maximum atomic E-state index is 9.75. The molecule has 0 saturated carbocycles. The molecular formula is C9H11BF4I-. The molecule has 0 aromatic heterocycles. The van der Waals surface area contributed by atoms with Crippen LogP contribution in [0, 0.1) is 3.57 Å². The van der Waals surface area contributed by atoms with Gasteiger partial charge in [0.1, 0.15) is 0 Å². The molecular weight excluding hydrogens is 322 g/mol. The molecule has 1 rings (SSSR count). The van der Waals surface area contributed by atoms with E-state index in [4.69, 9.17) is 0 Å². The summed E-state index contributed by atoms with van der Waals surface area (Å²) in [7, 11) is -6.00. The predicted octanol–water partition coefficient (Wildman–Crippen LogP) is 4.71. The van der Waals surface area contributed by atoms with Gasteiger partial charge in [-0.2, -0.15) is 0 Å². The second-order valence-electron chi connectivity index (χ2n) is 3.20. The first kappa shape index (κ1) is 14.7. The van der Waals surface area contributed by atoms with Crippen molar-refractivity contribution in [1.29, 1.82) is 0 Å². The quantitative estimate of drug-likeness (QED) is 0.397. The van der Waals surface area contributed by atoms with Crippen molar-refractivity contribution >= 4 is 29.8 Å². The van der Waals surface area contributed by atoms with Crippen LogP contribution in [-0.4, -0.2) is 7.25 Å². The summed E-state index contributed by atoms with van der Waals surface area (Å²) in [6, 6.07) is 8.67. The Morgan fingerprint density at radius 3 is 1.60 bits per heavy atom. The minimum atomic E-state index is -6.00. The van der Waals surface area contributed by atoms with Gasteiger partial charge in [-0.15, -0.1) is 0 Å². The van der Waals surface area contributed by atoms with E-state index in [1.165, 1.54) is 9.13 Å². The van der Waals surface area contributed by atoms with E-state index in [-0.39, 0.29) is 0 Å². The molecule has 0 radical (unpaired) electrons. The first-order valence-corrected chi connectivity index (χ1v) is 5.41. The standard InChI is InChI=1S/C9H11I.BF4/c1-7(2)8-3-5-9(10)6-4-8;2-1(3,4)5/h3-7H,1-2H3;/q;-1. The highest BCUT2D eigenvalue weighted by molar-refractivity contribution is 14.1. The van der Waals surface area contributed by atoms with Gasteiger partial charge in [-0.05, 0) is 46.2 Å². The van der Waals surface area contributed by atoms with Gasteiger partial charge in [-0.1, -0.05) is 26.0 Å². The molecule has 0 heterocycles. The molecule has 0 saturated heterocycles. The van der Waals surface area contributed by atoms with Gasteiger partial charge < -0.3 is 17.3 Å². The van der Waals surface area contributed by atoms with E-state index in [2.05, 4.69) is 60.7 Å². The molecule has 0 unspecified atom stereocenters. The minimum absolute atomic E-state index is 0.650. The van der Waals surface area contributed by atoms with E-state index < -0.39 is 7.25 Å². The van der Waals surface area contributed by atoms with Gasteiger partial charge in [-0.25, -0.2) is 0 Å². The molecule has 0 nitrogen and oxygen atoms in total. The van der Waals surface area contributed by atoms with Crippen LogP contribution in [0.2, 0.25) is 0 Å². The normalized spacial score (nSPS) is 10.9. The molecule has 0 bridgehead atoms. The molecule has 0 aliphatic heterocycles. The maximum Gasteiger partial charge on any atom is 0.673 e. The molecule has 1 aromatic carbocycles. The Bertz CT molecular complexity index is 275. The summed E-state index contributed by atoms with van der Waals surface area (Å²) in [6.45, 7) is 4.42. The minimum Gasteiger partial charge on any atom is -0.418 e. The molecule has 0 aliphatic rings. The van der Waals surface area contributed by atoms with Crippen molar-refractivity contribution in [1.82, 2.24) is 0 Å². The van der Waals surface area contributed by atoms with Crippen molar-refractivity contribution in [3.8, 4) is 0 Å². The SMILES string of the molecule is CC(C)c1ccc(I)cc1.F[B-](F)(F)F. The highest BCUT2D eigenvalue weighted by Gasteiger charge is 2.20. The van der Waals surface area contributed by atoms with E-state index in [9.17, 15) is 17.3 Å². The lowest BCUT2D eigenvalue weighted by molar-refractivity contribution is 0.368. The van der Waals surface area contributed by atoms with Crippen molar-refractivity contribution in [3.63, 3.8) is 0 Å². The molecule has 1 aromatic rings. The molecule has 86 valence electrons. The van der Waals surface area contributed by atoms with Crippen molar-refractivity contribution in [3.05, 3.63) is 33.4 Å². The molecule has 6 heteroatoms. The van der Waals surface area contributed by atoms with Gasteiger partial charge in [-0.3, -0.25) is 0 Å². The summed E-state index contributed by atoms with van der Waals surface area (Å²) in [5.41, 5.74) is 1.42. The van der Waals surface area contributed by atoms with Crippen LogP contribution in [-0.2, 0) is 0 Å². The monoisotopic (exact) mass is 333 g/mol. The molecule has 0 atom stereocenters. The van der Waals surface area contributed by atoms with Gasteiger partial charge in [0.05, 0.1) is 0 Å². The van der Waals surface area contributed by atoms with E-state index >= 15 is 0 Å². The summed E-state index contributed by atoms with van der Waals surface area (Å²) in [5, 5.41) is 0. The van der Waals surface area contributed by atoms with Crippen LogP contribution in [0.25, 0.3) is 0 Å². The van der Waals surface area contributed by atoms with Gasteiger partial charge in [0.15, 0.2) is 0 Å². The van der Waals surface area contributed by atoms with E-state index in [1.54, 1.807) is 0 Å². The predicted molar refractivity (Wildman–Crippen MR) is 63.4 cm³/mol. The fourth-order valence-corrected chi connectivity index (χ4v) is 1.21. The average Bonchev–Trinajstić information content (AvgIpc) is 2.01. The van der Waals surface area contributed by atoms with E-state index in [1.807, 2.05) is 0 Å². The van der Waals surface area contributed by atoms with E-state index in [0.717, 1.165) is 0 Å². The second kappa shape index (κ2) is 6.35. The Balaban J connectivity index is 0.000000336. The smallest absolute Gasteiger partial charge is 0.418 e. The topological polar surface area (TPSA) is 0 Å². The first-order chi connectivity index (χ1) is 6.70. The van der Waals surface area contributed by atoms with Gasteiger partial charge >= 0.3 is 7.25 Å². The molecule has 15 heavy (non-hydrogen) atoms. The maximum absolute atomic E-state index is 9.75. The number of hydrogen-bond donors (Lipinski definition) is 0. The Hall–Kier alpha value is -0.265. The van der Waals surface area contributed by atoms with Crippen LogP contribution in [0.4, 0.5) is 17.3 Å². The van der Waals surface area contributed by atoms with Crippen molar-refractivity contribution in [2.45, 2.75) is 19.8 Å². The van der Waals surface area contributed by atoms with Crippen LogP contribution < -0.4 is 0 Å². The third-order valence-corrected chi connectivity index (χ3v) is 2.26. The lowest BCUT2D eigenvalue weighted by Gasteiger charge is -2.03. The molecule has 0 aliphatic carbocycles. The second-order valence-corrected chi connectivity index (χ2v) is 4.45. The molecule has 0 spiro atoms. The zero-order chi connectivity index (χ0) is 12.1. The number of benzene rings is 1. The van der Waals surface area contributed by atoms with Crippen LogP contribution in [0.1, 0.15) is 25.3 Å². The largest absolute Gasteiger partial charge is 0.673 e. The van der Waals surface area contributed by atoms with Crippen LogP contribution >= 0.6 is 22.6 Å². The zero-order valence-electron chi connectivity index (χ0n) is 8.35. The Morgan fingerprint density at radius 2 is 1.33 bits per heavy atom. The zero-order valence-corrected chi connectivity index (χ0v) is 10.5. The summed E-state index contributed by atoms with van der Waals surface area (Å²) >= 11 is 2.32. The lowest BCUT2D eigenvalue weighted by atomic mass is 10.0. The van der Waals surface area contributed by atoms with Crippen LogP contribution in [0.5, 0.6) is 0 Å². The lowest BCUT2D eigenvalue weighted by Crippen LogP contribution is -2.02. The number of rotatable bonds is 1. The van der Waals surface area contributed by atoms with Crippen molar-refractivity contribution in [2.24, 2.45) is 0 Å². The highest BCUT2D eigenvalue weighted by atomic mass is 127. The summed E-state index contributed by atoms with van der Waals surface area (Å²) < 4.78 is 40.3. The first-order valence-electron chi connectivity index (χ1n) is 4.33. The molecule has 0 amide bonds. The number of hydrogen-bond acceptors (Lipinski definition) is 0. The van der Waals surface area contributed by atoms with E-state index in [0.29, 0.717) is 5.92 Å². The Morgan fingerprint density at radius 1 is 1.00 bits per heavy atom. The van der Waals surface area contributed by atoms with Crippen molar-refractivity contribution < 1.29 is 17.3 Å². The summed E-state index contributed by atoms with van der Waals surface area (Å²) in [6.07, 6.45) is 0. The Kier molecular flexibility index (Phi) is 6.23. The van der Waals surface area contributed by atoms with Crippen molar-refractivity contribution in [2.75, 3.05) is 0 Å². The van der Waals surface area contributed by atoms with Gasteiger partial charge in [0, 0.05) is 3.57 Å². The van der Waals surface area contributed by atoms with Crippen LogP contribution in [0.3, 0.4) is 0 Å². The molecule has 0 N–H and O–H groups in total. The highest BCUT2D eigenvalue weighted by Crippen LogP contribution is 2.15. The fourth-order valence-electron chi connectivity index (χ4n) is 0.848. The number of halogens is 5. The third kappa shape index (κ3) is 10.0. The van der Waals surface area contributed by atoms with Gasteiger partial charge in [0.2, 0.25) is 0 Å². The Labute approximate surface area is 100 Å². The summed E-state index contributed by atoms with van der Waals surface area (Å²) in [4.78, 5) is 0. The van der Waals surface area contributed by atoms with Crippen LogP contribution in [0.15, 0.2) is 24.3 Å². The molecule has 0 fully saturated rings.